The van der Waals surface area contributed by atoms with E-state index in [1.807, 2.05) is 11.9 Å². The highest BCUT2D eigenvalue weighted by atomic mass is 16.5. The highest BCUT2D eigenvalue weighted by Gasteiger charge is 2.50. The minimum absolute atomic E-state index is 0.179. The number of benzene rings is 2. The van der Waals surface area contributed by atoms with Crippen LogP contribution in [0.4, 0.5) is 5.69 Å². The monoisotopic (exact) mass is 495 g/mol. The van der Waals surface area contributed by atoms with Gasteiger partial charge in [0.2, 0.25) is 5.91 Å². The van der Waals surface area contributed by atoms with E-state index in [4.69, 9.17) is 14.9 Å². The van der Waals surface area contributed by atoms with Crippen LogP contribution in [0.15, 0.2) is 42.5 Å². The van der Waals surface area contributed by atoms with Gasteiger partial charge in [-0.15, -0.1) is 0 Å². The van der Waals surface area contributed by atoms with Gasteiger partial charge in [-0.25, -0.2) is 4.79 Å². The van der Waals surface area contributed by atoms with Crippen LogP contribution in [0.3, 0.4) is 0 Å². The summed E-state index contributed by atoms with van der Waals surface area (Å²) in [6.07, 6.45) is 2.03. The lowest BCUT2D eigenvalue weighted by molar-refractivity contribution is -0.145. The van der Waals surface area contributed by atoms with E-state index < -0.39 is 12.1 Å². The molecule has 8 nitrogen and oxygen atoms in total. The molecule has 2 heterocycles. The Kier molecular flexibility index (Phi) is 7.97. The number of amides is 1. The van der Waals surface area contributed by atoms with Crippen LogP contribution < -0.4 is 20.3 Å². The van der Waals surface area contributed by atoms with Crippen molar-refractivity contribution in [2.45, 2.75) is 69.8 Å². The number of carbonyl (C=O) groups is 2. The summed E-state index contributed by atoms with van der Waals surface area (Å²) >= 11 is 0. The number of nitrogens with zero attached hydrogens (tertiary/aromatic N) is 1. The second-order valence-electron chi connectivity index (χ2n) is 10.1. The molecule has 2 fully saturated rings. The summed E-state index contributed by atoms with van der Waals surface area (Å²) in [6, 6.07) is 16.2. The molecule has 8 heteroatoms. The normalized spacial score (nSPS) is 27.2. The fraction of sp³-hybridized carbons (Fsp3) is 0.500. The first-order valence-electron chi connectivity index (χ1n) is 12.6. The first-order chi connectivity index (χ1) is 17.2. The van der Waals surface area contributed by atoms with Gasteiger partial charge in [0.25, 0.3) is 0 Å². The Hall–Kier alpha value is -2.94. The van der Waals surface area contributed by atoms with Gasteiger partial charge in [0.15, 0.2) is 0 Å². The molecule has 0 radical (unpaired) electrons. The maximum absolute atomic E-state index is 12.5. The number of hydrogen-bond donors (Lipinski definition) is 4. The second-order valence-corrected chi connectivity index (χ2v) is 10.1. The standard InChI is InChI=1S/C25H31N3O2.C3H6O3/c1-15-9-10-21(24(27-15)16-7-5-4-6-8-16)26-14-17-11-22-19(13-23(17)30-3)18-12-20(18)25(29)28(22)2;1-2(4)3(5)6/h4-8,11,13,15,18,20-21,24,26-27H,9-10,12,14H2,1-3H3;2,4H,1H3,(H,5,6). The molecule has 0 bridgehead atoms. The zero-order valence-electron chi connectivity index (χ0n) is 21.4. The van der Waals surface area contributed by atoms with Crippen molar-refractivity contribution in [3.8, 4) is 5.75 Å². The first kappa shape index (κ1) is 26.1. The minimum Gasteiger partial charge on any atom is -0.496 e. The lowest BCUT2D eigenvalue weighted by Gasteiger charge is -2.37. The Labute approximate surface area is 212 Å². The van der Waals surface area contributed by atoms with Gasteiger partial charge < -0.3 is 30.5 Å². The number of anilines is 1. The van der Waals surface area contributed by atoms with Crippen molar-refractivity contribution in [3.63, 3.8) is 0 Å². The molecule has 1 saturated heterocycles. The van der Waals surface area contributed by atoms with Crippen LogP contribution in [-0.2, 0) is 16.1 Å². The Bertz CT molecular complexity index is 1090. The maximum Gasteiger partial charge on any atom is 0.332 e. The highest BCUT2D eigenvalue weighted by Crippen LogP contribution is 2.56. The SMILES string of the molecule is CC(O)C(=O)O.COc1cc2c(cc1CNC1CCC(C)NC1c1ccccc1)N(C)C(=O)C1CC21. The number of aliphatic hydroxyl groups is 1. The Morgan fingerprint density at radius 2 is 1.92 bits per heavy atom. The van der Waals surface area contributed by atoms with E-state index in [0.29, 0.717) is 18.0 Å². The summed E-state index contributed by atoms with van der Waals surface area (Å²) in [4.78, 5) is 23.8. The van der Waals surface area contributed by atoms with Gasteiger partial charge in [-0.2, -0.15) is 0 Å². The van der Waals surface area contributed by atoms with Crippen molar-refractivity contribution >= 4 is 17.6 Å². The van der Waals surface area contributed by atoms with Gasteiger partial charge in [-0.1, -0.05) is 30.3 Å². The van der Waals surface area contributed by atoms with Crippen molar-refractivity contribution in [2.75, 3.05) is 19.1 Å². The topological polar surface area (TPSA) is 111 Å². The third-order valence-electron chi connectivity index (χ3n) is 7.48. The average molecular weight is 496 g/mol. The number of ether oxygens (including phenoxy) is 1. The highest BCUT2D eigenvalue weighted by molar-refractivity contribution is 6.01. The molecule has 6 atom stereocenters. The van der Waals surface area contributed by atoms with Gasteiger partial charge >= 0.3 is 5.97 Å². The molecule has 0 spiro atoms. The predicted octanol–water partition coefficient (Wildman–Crippen LogP) is 3.20. The number of aliphatic carboxylic acids is 1. The zero-order chi connectivity index (χ0) is 26.0. The number of carbonyl (C=O) groups excluding carboxylic acids is 1. The molecule has 2 aliphatic heterocycles. The van der Waals surface area contributed by atoms with Crippen LogP contribution in [0.1, 0.15) is 61.8 Å². The largest absolute Gasteiger partial charge is 0.496 e. The fourth-order valence-corrected chi connectivity index (χ4v) is 5.27. The predicted molar refractivity (Wildman–Crippen MR) is 138 cm³/mol. The smallest absolute Gasteiger partial charge is 0.332 e. The average Bonchev–Trinajstić information content (AvgIpc) is 3.68. The first-order valence-corrected chi connectivity index (χ1v) is 12.6. The molecule has 3 aliphatic rings. The summed E-state index contributed by atoms with van der Waals surface area (Å²) in [6.45, 7) is 4.18. The van der Waals surface area contributed by atoms with Crippen LogP contribution >= 0.6 is 0 Å². The summed E-state index contributed by atoms with van der Waals surface area (Å²) < 4.78 is 5.75. The van der Waals surface area contributed by atoms with Crippen molar-refractivity contribution < 1.29 is 24.5 Å². The molecular weight excluding hydrogens is 458 g/mol. The number of fused-ring (bicyclic) bond motifs is 3. The number of carboxylic acids is 1. The number of methoxy groups -OCH3 is 1. The van der Waals surface area contributed by atoms with E-state index >= 15 is 0 Å². The fourth-order valence-electron chi connectivity index (χ4n) is 5.27. The van der Waals surface area contributed by atoms with E-state index in [0.717, 1.165) is 42.8 Å². The summed E-state index contributed by atoms with van der Waals surface area (Å²) in [5.74, 6) is 0.549. The molecule has 1 saturated carbocycles. The molecule has 2 aromatic carbocycles. The molecule has 1 amide bonds. The second kappa shape index (κ2) is 11.0. The molecule has 194 valence electrons. The van der Waals surface area contributed by atoms with Crippen LogP contribution in [0, 0.1) is 5.92 Å². The van der Waals surface area contributed by atoms with Crippen LogP contribution in [0.2, 0.25) is 0 Å². The van der Waals surface area contributed by atoms with Crippen molar-refractivity contribution in [1.29, 1.82) is 0 Å². The molecule has 36 heavy (non-hydrogen) atoms. The molecule has 0 aromatic heterocycles. The number of hydrogen-bond acceptors (Lipinski definition) is 6. The van der Waals surface area contributed by atoms with Crippen molar-refractivity contribution in [3.05, 3.63) is 59.2 Å². The number of carboxylic acid groups (broad SMARTS) is 1. The van der Waals surface area contributed by atoms with Gasteiger partial charge in [-0.3, -0.25) is 4.79 Å². The van der Waals surface area contributed by atoms with E-state index in [1.165, 1.54) is 18.1 Å². The van der Waals surface area contributed by atoms with Gasteiger partial charge in [0.05, 0.1) is 7.11 Å². The molecule has 4 N–H and O–H groups in total. The number of piperidine rings is 1. The summed E-state index contributed by atoms with van der Waals surface area (Å²) in [7, 11) is 3.64. The lowest BCUT2D eigenvalue weighted by Crippen LogP contribution is -2.49. The molecule has 2 aromatic rings. The van der Waals surface area contributed by atoms with E-state index in [2.05, 4.69) is 60.0 Å². The van der Waals surface area contributed by atoms with Crippen LogP contribution in [0.25, 0.3) is 0 Å². The lowest BCUT2D eigenvalue weighted by atomic mass is 9.89. The number of aliphatic hydroxyl groups excluding tert-OH is 1. The third kappa shape index (κ3) is 5.56. The molecule has 6 unspecified atom stereocenters. The van der Waals surface area contributed by atoms with Crippen molar-refractivity contribution in [1.82, 2.24) is 10.6 Å². The van der Waals surface area contributed by atoms with E-state index in [9.17, 15) is 9.59 Å². The Morgan fingerprint density at radius 1 is 1.22 bits per heavy atom. The minimum atomic E-state index is -1.23. The third-order valence-corrected chi connectivity index (χ3v) is 7.48. The molecule has 1 aliphatic carbocycles. The number of rotatable bonds is 6. The molecular formula is C28H37N3O5. The van der Waals surface area contributed by atoms with E-state index in [1.54, 1.807) is 7.11 Å². The summed E-state index contributed by atoms with van der Waals surface area (Å²) in [5.41, 5.74) is 4.74. The van der Waals surface area contributed by atoms with Crippen LogP contribution in [-0.4, -0.2) is 54.4 Å². The van der Waals surface area contributed by atoms with Gasteiger partial charge in [0.1, 0.15) is 11.9 Å². The zero-order valence-corrected chi connectivity index (χ0v) is 21.4. The van der Waals surface area contributed by atoms with Gasteiger partial charge in [0, 0.05) is 48.9 Å². The quantitative estimate of drug-likeness (QED) is 0.487. The van der Waals surface area contributed by atoms with Crippen molar-refractivity contribution in [2.24, 2.45) is 5.92 Å². The number of nitrogens with one attached hydrogen (secondary N) is 2. The molecule has 5 rings (SSSR count). The Morgan fingerprint density at radius 3 is 2.56 bits per heavy atom. The summed E-state index contributed by atoms with van der Waals surface area (Å²) in [5, 5.41) is 23.3. The van der Waals surface area contributed by atoms with Crippen LogP contribution in [0.5, 0.6) is 5.75 Å². The van der Waals surface area contributed by atoms with Gasteiger partial charge in [-0.05, 0) is 62.3 Å². The maximum atomic E-state index is 12.5. The Balaban J connectivity index is 0.000000455. The van der Waals surface area contributed by atoms with E-state index in [-0.39, 0.29) is 17.9 Å².